The Kier molecular flexibility index (Phi) is 16.1. The zero-order valence-electron chi connectivity index (χ0n) is 52.4. The SMILES string of the molecule is [2H]C([2H])([2H])N(C(=O)OC(C)(C)C)[C@@H](C)C(=O)C[C@@H](CC)C(=O)N1C[C@@H](OC(C)=O)C[C@H]1Cc1c(-c2[nH]c3cc(F)ccc3c2C[C@@H]2C[C@H](OC(C)=O)CN2C(=O)[C@H](CC)NC(=O)[C@H](C)N(C(=O)OC(C)(C)C)C([2H])([2H])[2H])[nH]c2cc(F)ccc12. The number of ketones is 1. The van der Waals surface area contributed by atoms with Gasteiger partial charge in [-0.3, -0.25) is 33.7 Å². The molecule has 3 N–H and O–H groups in total. The Morgan fingerprint density at radius 1 is 0.692 bits per heavy atom. The van der Waals surface area contributed by atoms with Crippen molar-refractivity contribution in [3.05, 3.63) is 59.2 Å². The van der Waals surface area contributed by atoms with Crippen LogP contribution in [-0.4, -0.2) is 158 Å². The predicted molar refractivity (Wildman–Crippen MR) is 287 cm³/mol. The van der Waals surface area contributed by atoms with E-state index in [0.717, 1.165) is 0 Å². The molecular formula is C57H77F2N7O12. The topological polar surface area (TPSA) is 230 Å². The monoisotopic (exact) mass is 1100 g/mol. The first-order valence-corrected chi connectivity index (χ1v) is 26.3. The number of halogens is 2. The molecule has 2 aliphatic rings. The number of carbonyl (C=O) groups excluding carboxylic acids is 8. The second-order valence-electron chi connectivity index (χ2n) is 22.3. The molecule has 2 aromatic carbocycles. The molecule has 0 unspecified atom stereocenters. The number of Topliss-reactive ketones (excluding diaryl/α,β-unsaturated/α-hetero) is 1. The highest BCUT2D eigenvalue weighted by Crippen LogP contribution is 2.41. The molecule has 4 heterocycles. The minimum Gasteiger partial charge on any atom is -0.461 e. The molecule has 8 atom stereocenters. The van der Waals surface area contributed by atoms with E-state index in [4.69, 9.17) is 27.2 Å². The van der Waals surface area contributed by atoms with Gasteiger partial charge in [-0.1, -0.05) is 13.8 Å². The Labute approximate surface area is 462 Å². The van der Waals surface area contributed by atoms with Gasteiger partial charge in [0.25, 0.3) is 0 Å². The second kappa shape index (κ2) is 24.3. The highest BCUT2D eigenvalue weighted by Gasteiger charge is 2.43. The van der Waals surface area contributed by atoms with Gasteiger partial charge in [0.1, 0.15) is 47.1 Å². The van der Waals surface area contributed by atoms with E-state index in [9.17, 15) is 38.4 Å². The van der Waals surface area contributed by atoms with E-state index in [0.29, 0.717) is 54.1 Å². The first kappa shape index (κ1) is 51.7. The average Bonchev–Trinajstić information content (AvgIpc) is 2.83. The zero-order chi connectivity index (χ0) is 62.9. The van der Waals surface area contributed by atoms with E-state index in [2.05, 4.69) is 15.3 Å². The number of aromatic amines is 2. The van der Waals surface area contributed by atoms with Crippen molar-refractivity contribution >= 4 is 69.4 Å². The smallest absolute Gasteiger partial charge is 0.410 e. The lowest BCUT2D eigenvalue weighted by Gasteiger charge is -2.31. The van der Waals surface area contributed by atoms with E-state index < -0.39 is 139 Å². The maximum absolute atomic E-state index is 15.3. The van der Waals surface area contributed by atoms with Gasteiger partial charge in [0.15, 0.2) is 5.78 Å². The van der Waals surface area contributed by atoms with Crippen LogP contribution in [0.2, 0.25) is 0 Å². The number of fused-ring (bicyclic) bond motifs is 2. The van der Waals surface area contributed by atoms with Gasteiger partial charge in [0.2, 0.25) is 17.7 Å². The van der Waals surface area contributed by atoms with Crippen molar-refractivity contribution in [3.63, 3.8) is 0 Å². The third-order valence-corrected chi connectivity index (χ3v) is 14.0. The summed E-state index contributed by atoms with van der Waals surface area (Å²) in [5.41, 5.74) is 0.228. The first-order valence-electron chi connectivity index (χ1n) is 29.3. The highest BCUT2D eigenvalue weighted by atomic mass is 19.1. The fourth-order valence-corrected chi connectivity index (χ4v) is 10.2. The van der Waals surface area contributed by atoms with E-state index in [1.165, 1.54) is 82.5 Å². The molecule has 426 valence electrons. The summed E-state index contributed by atoms with van der Waals surface area (Å²) in [5, 5.41) is 3.64. The minimum atomic E-state index is -3.12. The van der Waals surface area contributed by atoms with Crippen molar-refractivity contribution in [2.45, 2.75) is 182 Å². The normalized spacial score (nSPS) is 20.7. The third-order valence-electron chi connectivity index (χ3n) is 14.0. The van der Waals surface area contributed by atoms with Gasteiger partial charge in [-0.2, -0.15) is 0 Å². The maximum Gasteiger partial charge on any atom is 0.410 e. The number of hydrogen-bond donors (Lipinski definition) is 3. The number of hydrogen-bond acceptors (Lipinski definition) is 12. The summed E-state index contributed by atoms with van der Waals surface area (Å²) in [6, 6.07) is 2.12. The molecule has 2 aromatic heterocycles. The van der Waals surface area contributed by atoms with Crippen molar-refractivity contribution in [3.8, 4) is 11.4 Å². The van der Waals surface area contributed by atoms with E-state index in [-0.39, 0.29) is 51.6 Å². The number of carbonyl (C=O) groups is 8. The van der Waals surface area contributed by atoms with Crippen molar-refractivity contribution in [2.24, 2.45) is 5.92 Å². The Balaban J connectivity index is 1.40. The molecule has 0 saturated carbocycles. The van der Waals surface area contributed by atoms with Crippen LogP contribution in [0.1, 0.15) is 135 Å². The molecule has 2 fully saturated rings. The van der Waals surface area contributed by atoms with E-state index >= 15 is 8.78 Å². The van der Waals surface area contributed by atoms with Gasteiger partial charge in [0.05, 0.1) is 30.5 Å². The number of aromatic nitrogens is 2. The van der Waals surface area contributed by atoms with Crippen LogP contribution in [-0.2, 0) is 60.6 Å². The van der Waals surface area contributed by atoms with Crippen molar-refractivity contribution in [1.29, 1.82) is 0 Å². The maximum atomic E-state index is 15.3. The van der Waals surface area contributed by atoms with Crippen LogP contribution in [0, 0.1) is 17.6 Å². The summed E-state index contributed by atoms with van der Waals surface area (Å²) in [4.78, 5) is 119. The highest BCUT2D eigenvalue weighted by molar-refractivity contribution is 5.97. The molecule has 4 aromatic rings. The number of nitrogens with one attached hydrogen (secondary N) is 3. The second-order valence-corrected chi connectivity index (χ2v) is 22.3. The quantitative estimate of drug-likeness (QED) is 0.0634. The van der Waals surface area contributed by atoms with Gasteiger partial charge >= 0.3 is 24.1 Å². The summed E-state index contributed by atoms with van der Waals surface area (Å²) < 4.78 is 101. The summed E-state index contributed by atoms with van der Waals surface area (Å²) in [6.45, 7) is 10.9. The number of amides is 5. The number of rotatable bonds is 18. The van der Waals surface area contributed by atoms with Crippen LogP contribution in [0.4, 0.5) is 18.4 Å². The Hall–Kier alpha value is -7.06. The first-order chi connectivity index (χ1) is 38.8. The minimum absolute atomic E-state index is 0.000218. The number of ether oxygens (including phenoxy) is 4. The summed E-state index contributed by atoms with van der Waals surface area (Å²) in [5.74, 6) is -6.33. The van der Waals surface area contributed by atoms with Gasteiger partial charge < -0.3 is 48.9 Å². The molecule has 19 nitrogen and oxygen atoms in total. The summed E-state index contributed by atoms with van der Waals surface area (Å²) in [7, 11) is 0. The number of nitrogens with zero attached hydrogens (tertiary/aromatic N) is 4. The molecular weight excluding hydrogens is 1010 g/mol. The Morgan fingerprint density at radius 3 is 1.53 bits per heavy atom. The molecule has 78 heavy (non-hydrogen) atoms. The molecule has 0 radical (unpaired) electrons. The molecule has 2 saturated heterocycles. The summed E-state index contributed by atoms with van der Waals surface area (Å²) in [6.07, 6.45) is -4.34. The number of likely N-dealkylation sites (tertiary alicyclic amines) is 2. The Bertz CT molecular complexity index is 2950. The molecule has 0 aliphatic carbocycles. The van der Waals surface area contributed by atoms with Gasteiger partial charge in [-0.15, -0.1) is 0 Å². The van der Waals surface area contributed by atoms with Crippen LogP contribution in [0.3, 0.4) is 0 Å². The van der Waals surface area contributed by atoms with Crippen LogP contribution in [0.15, 0.2) is 36.4 Å². The molecule has 0 bridgehead atoms. The number of esters is 2. The Morgan fingerprint density at radius 2 is 1.13 bits per heavy atom. The molecule has 2 aliphatic heterocycles. The number of H-pyrrole nitrogens is 2. The number of likely N-dealkylation sites (N-methyl/N-ethyl adjacent to an activating group) is 2. The summed E-state index contributed by atoms with van der Waals surface area (Å²) >= 11 is 0. The molecule has 6 rings (SSSR count). The van der Waals surface area contributed by atoms with E-state index in [1.54, 1.807) is 46.8 Å². The largest absolute Gasteiger partial charge is 0.461 e. The predicted octanol–water partition coefficient (Wildman–Crippen LogP) is 8.14. The van der Waals surface area contributed by atoms with Gasteiger partial charge in [0, 0.05) is 95.1 Å². The van der Waals surface area contributed by atoms with Crippen molar-refractivity contribution in [2.75, 3.05) is 27.0 Å². The molecule has 5 amide bonds. The van der Waals surface area contributed by atoms with E-state index in [1.807, 2.05) is 0 Å². The van der Waals surface area contributed by atoms with Crippen molar-refractivity contribution in [1.82, 2.24) is 34.9 Å². The third kappa shape index (κ3) is 14.3. The fraction of sp³-hybridized carbons (Fsp3) is 0.579. The number of benzene rings is 2. The van der Waals surface area contributed by atoms with Crippen LogP contribution in [0.25, 0.3) is 33.2 Å². The zero-order valence-corrected chi connectivity index (χ0v) is 46.4. The van der Waals surface area contributed by atoms with Crippen molar-refractivity contribution < 1.29 is 74.3 Å². The average molecular weight is 1100 g/mol. The van der Waals surface area contributed by atoms with Gasteiger partial charge in [-0.05, 0) is 129 Å². The van der Waals surface area contributed by atoms with Crippen LogP contribution >= 0.6 is 0 Å². The lowest BCUT2D eigenvalue weighted by atomic mass is 9.93. The lowest BCUT2D eigenvalue weighted by molar-refractivity contribution is -0.147. The lowest BCUT2D eigenvalue weighted by Crippen LogP contribution is -2.55. The van der Waals surface area contributed by atoms with Gasteiger partial charge in [-0.25, -0.2) is 18.4 Å². The molecule has 0 spiro atoms. The standard InChI is InChI=1S/C57H77F2N7O12/c1-15-34(21-48(69)30(3)63(13)54(73)77-56(7,8)9)52(71)65-28-39(75-32(5)67)24-37(65)26-43-41-19-17-35(58)22-46(41)60-49(43)50-44(42-20-18-36(59)23-47(42)61-50)27-38-25-40(76-33(6)68)29-66(38)53(72)45(16-2)62-51(70)31(4)64(14)55(74)78-57(10,11)12/h17-20,22-23,30-31,34,37-40,45,60-61H,15-16,21,24-29H2,1-14H3,(H,62,70)/t30-,31-,34+,37-,38-,39-,40-,45-/m0/s1/i13D3,14D3. The molecule has 21 heteroatoms. The fourth-order valence-electron chi connectivity index (χ4n) is 10.2. The van der Waals surface area contributed by atoms with Crippen LogP contribution < -0.4 is 5.32 Å². The van der Waals surface area contributed by atoms with Crippen LogP contribution in [0.5, 0.6) is 0 Å².